The highest BCUT2D eigenvalue weighted by atomic mass is 16.6. The van der Waals surface area contributed by atoms with Gasteiger partial charge in [-0.05, 0) is 50.9 Å². The minimum absolute atomic E-state index is 0.0462. The lowest BCUT2D eigenvalue weighted by Crippen LogP contribution is -2.67. The first-order valence-electron chi connectivity index (χ1n) is 8.27. The van der Waals surface area contributed by atoms with Gasteiger partial charge in [-0.3, -0.25) is 0 Å². The highest BCUT2D eigenvalue weighted by molar-refractivity contribution is 5.87. The quantitative estimate of drug-likeness (QED) is 0.585. The highest BCUT2D eigenvalue weighted by Gasteiger charge is 2.65. The van der Waals surface area contributed by atoms with Gasteiger partial charge in [0, 0.05) is 24.5 Å². The van der Waals surface area contributed by atoms with Gasteiger partial charge >= 0.3 is 5.97 Å². The van der Waals surface area contributed by atoms with Gasteiger partial charge in [0.1, 0.15) is 5.60 Å². The van der Waals surface area contributed by atoms with Crippen LogP contribution < -0.4 is 0 Å². The van der Waals surface area contributed by atoms with Crippen LogP contribution in [0.15, 0.2) is 12.2 Å². The Bertz CT molecular complexity index is 449. The molecular weight excluding hydrogens is 264 g/mol. The summed E-state index contributed by atoms with van der Waals surface area (Å²) in [5.41, 5.74) is 0.241. The fraction of sp³-hybridized carbons (Fsp3) is 0.833. The number of carbonyl (C=O) groups is 1. The Morgan fingerprint density at radius 3 is 2.19 bits per heavy atom. The number of ether oxygens (including phenoxy) is 2. The number of esters is 1. The molecule has 3 heteroatoms. The molecule has 0 amide bonds. The Morgan fingerprint density at radius 2 is 1.76 bits per heavy atom. The number of hydrogen-bond acceptors (Lipinski definition) is 3. The zero-order chi connectivity index (χ0) is 15.4. The topological polar surface area (TPSA) is 35.5 Å². The average Bonchev–Trinajstić information content (AvgIpc) is 2.41. The van der Waals surface area contributed by atoms with Gasteiger partial charge in [-0.15, -0.1) is 0 Å². The van der Waals surface area contributed by atoms with E-state index in [1.54, 1.807) is 6.92 Å². The van der Waals surface area contributed by atoms with Crippen LogP contribution in [0.3, 0.4) is 0 Å². The van der Waals surface area contributed by atoms with Crippen LogP contribution in [-0.2, 0) is 14.3 Å². The molecule has 2 unspecified atom stereocenters. The van der Waals surface area contributed by atoms with Crippen molar-refractivity contribution in [2.45, 2.75) is 64.1 Å². The maximum absolute atomic E-state index is 12.2. The van der Waals surface area contributed by atoms with Gasteiger partial charge in [-0.2, -0.15) is 0 Å². The Balaban J connectivity index is 1.95. The van der Waals surface area contributed by atoms with Crippen LogP contribution in [0.25, 0.3) is 0 Å². The second-order valence-corrected chi connectivity index (χ2v) is 7.91. The van der Waals surface area contributed by atoms with Gasteiger partial charge in [-0.1, -0.05) is 20.4 Å². The van der Waals surface area contributed by atoms with E-state index in [0.717, 1.165) is 18.8 Å². The molecule has 4 bridgehead atoms. The number of rotatable bonds is 4. The van der Waals surface area contributed by atoms with Crippen molar-refractivity contribution >= 4 is 5.97 Å². The predicted octanol–water partition coefficient (Wildman–Crippen LogP) is 3.73. The lowest BCUT2D eigenvalue weighted by Gasteiger charge is -2.65. The van der Waals surface area contributed by atoms with E-state index in [1.807, 2.05) is 7.11 Å². The number of carbonyl (C=O) groups excluding carboxylic acids is 1. The summed E-state index contributed by atoms with van der Waals surface area (Å²) in [5, 5.41) is 0. The monoisotopic (exact) mass is 292 g/mol. The Kier molecular flexibility index (Phi) is 3.47. The first-order chi connectivity index (χ1) is 9.83. The summed E-state index contributed by atoms with van der Waals surface area (Å²) < 4.78 is 12.1. The summed E-state index contributed by atoms with van der Waals surface area (Å²) in [6.45, 7) is 9.90. The third kappa shape index (κ3) is 2.08. The number of hydrogen-bond donors (Lipinski definition) is 0. The van der Waals surface area contributed by atoms with E-state index < -0.39 is 0 Å². The Hall–Kier alpha value is -0.830. The molecule has 0 N–H and O–H groups in total. The fourth-order valence-electron chi connectivity index (χ4n) is 5.65. The molecule has 4 aliphatic carbocycles. The summed E-state index contributed by atoms with van der Waals surface area (Å²) in [6, 6.07) is 0. The molecule has 21 heavy (non-hydrogen) atoms. The lowest BCUT2D eigenvalue weighted by molar-refractivity contribution is -0.258. The van der Waals surface area contributed by atoms with Crippen molar-refractivity contribution < 1.29 is 14.3 Å². The first-order valence-corrected chi connectivity index (χ1v) is 8.27. The molecule has 4 fully saturated rings. The maximum atomic E-state index is 12.2. The molecular formula is C18H28O3. The molecule has 0 radical (unpaired) electrons. The van der Waals surface area contributed by atoms with Crippen molar-refractivity contribution in [3.8, 4) is 0 Å². The maximum Gasteiger partial charge on any atom is 0.333 e. The van der Waals surface area contributed by atoms with E-state index in [1.165, 1.54) is 19.3 Å². The molecule has 0 aromatic rings. The summed E-state index contributed by atoms with van der Waals surface area (Å²) in [7, 11) is 1.85. The second-order valence-electron chi connectivity index (χ2n) is 7.91. The van der Waals surface area contributed by atoms with Crippen molar-refractivity contribution in [1.29, 1.82) is 0 Å². The molecule has 0 aromatic carbocycles. The van der Waals surface area contributed by atoms with Crippen molar-refractivity contribution in [3.05, 3.63) is 12.2 Å². The van der Waals surface area contributed by atoms with Gasteiger partial charge in [0.25, 0.3) is 0 Å². The average molecular weight is 292 g/mol. The van der Waals surface area contributed by atoms with Crippen LogP contribution in [0.4, 0.5) is 0 Å². The van der Waals surface area contributed by atoms with Crippen molar-refractivity contribution in [2.75, 3.05) is 7.11 Å². The molecule has 0 spiro atoms. The van der Waals surface area contributed by atoms with Crippen LogP contribution in [0.2, 0.25) is 0 Å². The fourth-order valence-corrected chi connectivity index (χ4v) is 5.65. The minimum atomic E-state index is -0.311. The third-order valence-corrected chi connectivity index (χ3v) is 6.36. The van der Waals surface area contributed by atoms with Crippen molar-refractivity contribution in [3.63, 3.8) is 0 Å². The minimum Gasteiger partial charge on any atom is -0.455 e. The van der Waals surface area contributed by atoms with Gasteiger partial charge in [0.05, 0.1) is 5.60 Å². The van der Waals surface area contributed by atoms with Gasteiger partial charge in [0.15, 0.2) is 0 Å². The van der Waals surface area contributed by atoms with Crippen LogP contribution in [0.1, 0.15) is 52.9 Å². The van der Waals surface area contributed by atoms with Crippen LogP contribution in [-0.4, -0.2) is 24.3 Å². The smallest absolute Gasteiger partial charge is 0.333 e. The van der Waals surface area contributed by atoms with E-state index >= 15 is 0 Å². The van der Waals surface area contributed by atoms with Crippen molar-refractivity contribution in [1.82, 2.24) is 0 Å². The molecule has 118 valence electrons. The number of methoxy groups -OCH3 is 1. The molecule has 3 nitrogen and oxygen atoms in total. The van der Waals surface area contributed by atoms with E-state index in [9.17, 15) is 4.79 Å². The van der Waals surface area contributed by atoms with Gasteiger partial charge < -0.3 is 9.47 Å². The molecule has 2 atom stereocenters. The molecule has 0 saturated heterocycles. The summed E-state index contributed by atoms with van der Waals surface area (Å²) in [6.07, 6.45) is 5.64. The summed E-state index contributed by atoms with van der Waals surface area (Å²) >= 11 is 0. The van der Waals surface area contributed by atoms with E-state index in [4.69, 9.17) is 9.47 Å². The van der Waals surface area contributed by atoms with Gasteiger partial charge in [0.2, 0.25) is 0 Å². The molecule has 0 aliphatic heterocycles. The lowest BCUT2D eigenvalue weighted by atomic mass is 9.46. The van der Waals surface area contributed by atoms with Crippen LogP contribution >= 0.6 is 0 Å². The zero-order valence-electron chi connectivity index (χ0n) is 13.8. The Morgan fingerprint density at radius 1 is 1.19 bits per heavy atom. The second kappa shape index (κ2) is 4.84. The SMILES string of the molecule is C=C(C)C(=O)OC1(C(C)C)C2CC3CC1CC(OC)(C3)C2. The Labute approximate surface area is 128 Å². The first kappa shape index (κ1) is 15.1. The molecule has 4 aliphatic rings. The highest BCUT2D eigenvalue weighted by Crippen LogP contribution is 2.64. The predicted molar refractivity (Wildman–Crippen MR) is 81.8 cm³/mol. The molecule has 0 aromatic heterocycles. The normalized spacial score (nSPS) is 44.1. The van der Waals surface area contributed by atoms with E-state index in [0.29, 0.717) is 23.3 Å². The van der Waals surface area contributed by atoms with E-state index in [-0.39, 0.29) is 17.2 Å². The van der Waals surface area contributed by atoms with E-state index in [2.05, 4.69) is 20.4 Å². The summed E-state index contributed by atoms with van der Waals surface area (Å²) in [4.78, 5) is 12.2. The molecule has 0 heterocycles. The molecule has 4 saturated carbocycles. The van der Waals surface area contributed by atoms with Crippen LogP contribution in [0.5, 0.6) is 0 Å². The van der Waals surface area contributed by atoms with Gasteiger partial charge in [-0.25, -0.2) is 4.79 Å². The summed E-state index contributed by atoms with van der Waals surface area (Å²) in [5.74, 6) is 1.74. The zero-order valence-corrected chi connectivity index (χ0v) is 13.8. The largest absolute Gasteiger partial charge is 0.455 e. The standard InChI is InChI=1S/C18H28O3/c1-11(2)16(19)21-18(12(3)4)14-6-13-7-15(18)10-17(8-13,9-14)20-5/h12-15H,1,6-10H2,2-5H3. The third-order valence-electron chi connectivity index (χ3n) is 6.36. The van der Waals surface area contributed by atoms with Crippen molar-refractivity contribution in [2.24, 2.45) is 23.7 Å². The van der Waals surface area contributed by atoms with Crippen LogP contribution in [0, 0.1) is 23.7 Å². The molecule has 4 rings (SSSR count).